The lowest BCUT2D eigenvalue weighted by atomic mass is 9.90. The zero-order valence-electron chi connectivity index (χ0n) is 6.46. The van der Waals surface area contributed by atoms with Gasteiger partial charge in [-0.15, -0.1) is 0 Å². The van der Waals surface area contributed by atoms with Crippen LogP contribution in [0.1, 0.15) is 26.7 Å². The molecule has 0 aromatic heterocycles. The monoisotopic (exact) mass is 142 g/mol. The van der Waals surface area contributed by atoms with E-state index in [1.807, 2.05) is 13.8 Å². The van der Waals surface area contributed by atoms with Crippen LogP contribution in [-0.2, 0) is 0 Å². The number of hydrogen-bond donors (Lipinski definition) is 2. The van der Waals surface area contributed by atoms with Gasteiger partial charge in [0.15, 0.2) is 0 Å². The molecule has 2 N–H and O–H groups in total. The molecular formula is C8H14O2. The van der Waals surface area contributed by atoms with Crippen LogP contribution in [0.25, 0.3) is 0 Å². The van der Waals surface area contributed by atoms with Crippen molar-refractivity contribution in [3.63, 3.8) is 0 Å². The predicted molar refractivity (Wildman–Crippen MR) is 39.6 cm³/mol. The molecular weight excluding hydrogens is 128 g/mol. The molecule has 2 heteroatoms. The van der Waals surface area contributed by atoms with Gasteiger partial charge in [-0.05, 0) is 26.7 Å². The third-order valence-electron chi connectivity index (χ3n) is 2.20. The molecule has 1 aliphatic rings. The van der Waals surface area contributed by atoms with Crippen molar-refractivity contribution in [3.8, 4) is 0 Å². The summed E-state index contributed by atoms with van der Waals surface area (Å²) in [6, 6.07) is 0. The van der Waals surface area contributed by atoms with E-state index < -0.39 is 12.2 Å². The molecule has 0 aromatic carbocycles. The van der Waals surface area contributed by atoms with Gasteiger partial charge < -0.3 is 10.2 Å². The van der Waals surface area contributed by atoms with Gasteiger partial charge in [0, 0.05) is 0 Å². The van der Waals surface area contributed by atoms with Gasteiger partial charge in [-0.3, -0.25) is 0 Å². The zero-order chi connectivity index (χ0) is 7.72. The molecule has 0 amide bonds. The SMILES string of the molecule is CC1=C(C)C[C@H](O)[C@H](O)C1. The predicted octanol–water partition coefficient (Wildman–Crippen LogP) is 0.838. The molecule has 0 saturated carbocycles. The van der Waals surface area contributed by atoms with Crippen molar-refractivity contribution < 1.29 is 10.2 Å². The van der Waals surface area contributed by atoms with E-state index in [0.717, 1.165) is 0 Å². The van der Waals surface area contributed by atoms with E-state index in [4.69, 9.17) is 0 Å². The fourth-order valence-electron chi connectivity index (χ4n) is 1.25. The first-order valence-corrected chi connectivity index (χ1v) is 3.62. The van der Waals surface area contributed by atoms with Crippen LogP contribution >= 0.6 is 0 Å². The molecule has 1 aliphatic carbocycles. The average molecular weight is 142 g/mol. The summed E-state index contributed by atoms with van der Waals surface area (Å²) in [6.45, 7) is 4.01. The van der Waals surface area contributed by atoms with Gasteiger partial charge in [0.1, 0.15) is 0 Å². The molecule has 1 rings (SSSR count). The molecule has 0 bridgehead atoms. The van der Waals surface area contributed by atoms with Crippen LogP contribution in [0.5, 0.6) is 0 Å². The highest BCUT2D eigenvalue weighted by molar-refractivity contribution is 5.16. The minimum atomic E-state index is -0.538. The largest absolute Gasteiger partial charge is 0.390 e. The van der Waals surface area contributed by atoms with E-state index in [9.17, 15) is 10.2 Å². The first kappa shape index (κ1) is 7.76. The third-order valence-corrected chi connectivity index (χ3v) is 2.20. The molecule has 2 nitrogen and oxygen atoms in total. The second-order valence-electron chi connectivity index (χ2n) is 3.10. The highest BCUT2D eigenvalue weighted by Crippen LogP contribution is 2.24. The number of rotatable bonds is 0. The number of aliphatic hydroxyl groups excluding tert-OH is 2. The Labute approximate surface area is 61.2 Å². The minimum Gasteiger partial charge on any atom is -0.390 e. The lowest BCUT2D eigenvalue weighted by Crippen LogP contribution is -2.29. The molecule has 10 heavy (non-hydrogen) atoms. The summed E-state index contributed by atoms with van der Waals surface area (Å²) in [4.78, 5) is 0. The van der Waals surface area contributed by atoms with Crippen LogP contribution < -0.4 is 0 Å². The van der Waals surface area contributed by atoms with E-state index in [2.05, 4.69) is 0 Å². The third kappa shape index (κ3) is 1.39. The first-order chi connectivity index (χ1) is 4.61. The first-order valence-electron chi connectivity index (χ1n) is 3.62. The standard InChI is InChI=1S/C8H14O2/c1-5-3-7(9)8(10)4-6(5)2/h7-10H,3-4H2,1-2H3/t7-,8+. The second kappa shape index (κ2) is 2.72. The maximum Gasteiger partial charge on any atom is 0.0839 e. The van der Waals surface area contributed by atoms with Crippen molar-refractivity contribution in [3.05, 3.63) is 11.1 Å². The highest BCUT2D eigenvalue weighted by Gasteiger charge is 2.22. The van der Waals surface area contributed by atoms with Gasteiger partial charge in [-0.25, -0.2) is 0 Å². The van der Waals surface area contributed by atoms with Crippen molar-refractivity contribution in [2.45, 2.75) is 38.9 Å². The maximum absolute atomic E-state index is 9.18. The van der Waals surface area contributed by atoms with Crippen LogP contribution in [0.3, 0.4) is 0 Å². The van der Waals surface area contributed by atoms with E-state index in [1.54, 1.807) is 0 Å². The minimum absolute atomic E-state index is 0.538. The Kier molecular flexibility index (Phi) is 2.11. The van der Waals surface area contributed by atoms with Crippen LogP contribution in [0.15, 0.2) is 11.1 Å². The highest BCUT2D eigenvalue weighted by atomic mass is 16.3. The van der Waals surface area contributed by atoms with E-state index in [0.29, 0.717) is 12.8 Å². The van der Waals surface area contributed by atoms with Gasteiger partial charge in [0.05, 0.1) is 12.2 Å². The van der Waals surface area contributed by atoms with Gasteiger partial charge in [-0.2, -0.15) is 0 Å². The summed E-state index contributed by atoms with van der Waals surface area (Å²) in [5, 5.41) is 18.4. The second-order valence-corrected chi connectivity index (χ2v) is 3.10. The Morgan fingerprint density at radius 1 is 1.00 bits per heavy atom. The van der Waals surface area contributed by atoms with Crippen LogP contribution in [0.4, 0.5) is 0 Å². The Morgan fingerprint density at radius 3 is 1.60 bits per heavy atom. The molecule has 0 fully saturated rings. The summed E-state index contributed by atoms with van der Waals surface area (Å²) in [6.07, 6.45) is 0.187. The van der Waals surface area contributed by atoms with Crippen molar-refractivity contribution >= 4 is 0 Å². The molecule has 0 unspecified atom stereocenters. The molecule has 0 radical (unpaired) electrons. The lowest BCUT2D eigenvalue weighted by molar-refractivity contribution is 0.0144. The summed E-state index contributed by atoms with van der Waals surface area (Å²) in [7, 11) is 0. The molecule has 0 spiro atoms. The van der Waals surface area contributed by atoms with Gasteiger partial charge in [-0.1, -0.05) is 11.1 Å². The van der Waals surface area contributed by atoms with Crippen molar-refractivity contribution in [1.82, 2.24) is 0 Å². The zero-order valence-corrected chi connectivity index (χ0v) is 6.46. The summed E-state index contributed by atoms with van der Waals surface area (Å²) in [5.41, 5.74) is 2.44. The topological polar surface area (TPSA) is 40.5 Å². The summed E-state index contributed by atoms with van der Waals surface area (Å²) >= 11 is 0. The fraction of sp³-hybridized carbons (Fsp3) is 0.750. The van der Waals surface area contributed by atoms with E-state index in [1.165, 1.54) is 11.1 Å². The number of aliphatic hydroxyl groups is 2. The van der Waals surface area contributed by atoms with Crippen LogP contribution in [-0.4, -0.2) is 22.4 Å². The summed E-state index contributed by atoms with van der Waals surface area (Å²) < 4.78 is 0. The fourth-order valence-corrected chi connectivity index (χ4v) is 1.25. The molecule has 58 valence electrons. The van der Waals surface area contributed by atoms with Crippen LogP contribution in [0.2, 0.25) is 0 Å². The molecule has 0 heterocycles. The lowest BCUT2D eigenvalue weighted by Gasteiger charge is -2.25. The van der Waals surface area contributed by atoms with Crippen molar-refractivity contribution in [1.29, 1.82) is 0 Å². The summed E-state index contributed by atoms with van der Waals surface area (Å²) in [5.74, 6) is 0. The number of hydrogen-bond acceptors (Lipinski definition) is 2. The molecule has 2 atom stereocenters. The Hall–Kier alpha value is -0.340. The molecule has 0 aliphatic heterocycles. The molecule has 0 saturated heterocycles. The Morgan fingerprint density at radius 2 is 1.30 bits per heavy atom. The Balaban J connectivity index is 2.69. The quantitative estimate of drug-likeness (QED) is 0.492. The smallest absolute Gasteiger partial charge is 0.0839 e. The van der Waals surface area contributed by atoms with Gasteiger partial charge in [0.2, 0.25) is 0 Å². The van der Waals surface area contributed by atoms with E-state index in [-0.39, 0.29) is 0 Å². The maximum atomic E-state index is 9.18. The van der Waals surface area contributed by atoms with Gasteiger partial charge >= 0.3 is 0 Å². The normalized spacial score (nSPS) is 34.8. The van der Waals surface area contributed by atoms with Crippen molar-refractivity contribution in [2.24, 2.45) is 0 Å². The van der Waals surface area contributed by atoms with Gasteiger partial charge in [0.25, 0.3) is 0 Å². The Bertz CT molecular complexity index is 143. The molecule has 0 aromatic rings. The van der Waals surface area contributed by atoms with E-state index >= 15 is 0 Å². The average Bonchev–Trinajstić information content (AvgIpc) is 1.84. The van der Waals surface area contributed by atoms with Crippen LogP contribution in [0, 0.1) is 0 Å². The van der Waals surface area contributed by atoms with Crippen molar-refractivity contribution in [2.75, 3.05) is 0 Å².